The van der Waals surface area contributed by atoms with Gasteiger partial charge in [-0.2, -0.15) is 0 Å². The smallest absolute Gasteiger partial charge is 0.356 e. The minimum absolute atomic E-state index is 0.0253. The number of hydrogen-bond acceptors (Lipinski definition) is 4. The zero-order valence-electron chi connectivity index (χ0n) is 12.3. The number of carbonyl (C=O) groups is 1. The van der Waals surface area contributed by atoms with Crippen molar-refractivity contribution in [1.29, 1.82) is 0 Å². The summed E-state index contributed by atoms with van der Waals surface area (Å²) in [6, 6.07) is 3.12. The molecule has 1 heterocycles. The molecule has 0 saturated heterocycles. The van der Waals surface area contributed by atoms with E-state index in [1.807, 2.05) is 0 Å². The van der Waals surface area contributed by atoms with Gasteiger partial charge >= 0.3 is 5.97 Å². The summed E-state index contributed by atoms with van der Waals surface area (Å²) in [5, 5.41) is 19.3. The van der Waals surface area contributed by atoms with E-state index in [-0.39, 0.29) is 5.69 Å². The van der Waals surface area contributed by atoms with Gasteiger partial charge in [-0.15, -0.1) is 10.2 Å². The second-order valence-electron chi connectivity index (χ2n) is 5.01. The molecule has 20 heavy (non-hydrogen) atoms. The van der Waals surface area contributed by atoms with E-state index in [1.54, 1.807) is 6.07 Å². The average Bonchev–Trinajstić information content (AvgIpc) is 2.46. The Morgan fingerprint density at radius 1 is 1.05 bits per heavy atom. The molecule has 0 fully saturated rings. The Balaban J connectivity index is 2.02. The fourth-order valence-corrected chi connectivity index (χ4v) is 2.02. The standard InChI is InChI=1S/C15H25N3O2/c1-2-3-4-5-6-7-8-9-12-16-14-11-10-13(15(19)20)17-18-14/h10-11H,2-9,12H2,1H3,(H,16,18)(H,19,20). The molecular formula is C15H25N3O2. The van der Waals surface area contributed by atoms with Gasteiger partial charge < -0.3 is 10.4 Å². The van der Waals surface area contributed by atoms with Crippen LogP contribution in [0.2, 0.25) is 0 Å². The predicted octanol–water partition coefficient (Wildman–Crippen LogP) is 3.73. The lowest BCUT2D eigenvalue weighted by molar-refractivity contribution is 0.0689. The molecule has 0 spiro atoms. The zero-order chi connectivity index (χ0) is 14.6. The Kier molecular flexibility index (Phi) is 8.35. The Morgan fingerprint density at radius 3 is 2.25 bits per heavy atom. The molecule has 0 aliphatic carbocycles. The second-order valence-corrected chi connectivity index (χ2v) is 5.01. The van der Waals surface area contributed by atoms with E-state index in [4.69, 9.17) is 5.11 Å². The van der Waals surface area contributed by atoms with Crippen LogP contribution < -0.4 is 5.32 Å². The summed E-state index contributed by atoms with van der Waals surface area (Å²) in [5.74, 6) is -0.412. The number of anilines is 1. The first-order valence-corrected chi connectivity index (χ1v) is 7.55. The quantitative estimate of drug-likeness (QED) is 0.604. The molecule has 1 aromatic heterocycles. The van der Waals surface area contributed by atoms with Crippen LogP contribution in [0.5, 0.6) is 0 Å². The Morgan fingerprint density at radius 2 is 1.70 bits per heavy atom. The van der Waals surface area contributed by atoms with E-state index in [1.165, 1.54) is 51.0 Å². The van der Waals surface area contributed by atoms with Crippen molar-refractivity contribution in [2.24, 2.45) is 0 Å². The third kappa shape index (κ3) is 7.07. The van der Waals surface area contributed by atoms with E-state index >= 15 is 0 Å². The largest absolute Gasteiger partial charge is 0.476 e. The number of carboxylic acid groups (broad SMARTS) is 1. The lowest BCUT2D eigenvalue weighted by Gasteiger charge is -2.05. The van der Waals surface area contributed by atoms with Gasteiger partial charge in [-0.25, -0.2) is 4.79 Å². The first kappa shape index (κ1) is 16.4. The highest BCUT2D eigenvalue weighted by Gasteiger charge is 2.04. The minimum atomic E-state index is -1.05. The number of rotatable bonds is 11. The maximum Gasteiger partial charge on any atom is 0.356 e. The van der Waals surface area contributed by atoms with Crippen LogP contribution in [0.3, 0.4) is 0 Å². The van der Waals surface area contributed by atoms with Crippen LogP contribution in [-0.4, -0.2) is 27.8 Å². The van der Waals surface area contributed by atoms with Gasteiger partial charge in [0, 0.05) is 6.54 Å². The molecule has 5 nitrogen and oxygen atoms in total. The Bertz CT molecular complexity index is 379. The summed E-state index contributed by atoms with van der Waals surface area (Å²) >= 11 is 0. The molecular weight excluding hydrogens is 254 g/mol. The highest BCUT2D eigenvalue weighted by Crippen LogP contribution is 2.09. The molecule has 0 aromatic carbocycles. The summed E-state index contributed by atoms with van der Waals surface area (Å²) in [7, 11) is 0. The molecule has 0 aliphatic heterocycles. The van der Waals surface area contributed by atoms with Crippen molar-refractivity contribution in [1.82, 2.24) is 10.2 Å². The van der Waals surface area contributed by atoms with Gasteiger partial charge in [0.05, 0.1) is 0 Å². The average molecular weight is 279 g/mol. The fraction of sp³-hybridized carbons (Fsp3) is 0.667. The van der Waals surface area contributed by atoms with E-state index in [9.17, 15) is 4.79 Å². The van der Waals surface area contributed by atoms with Gasteiger partial charge in [0.2, 0.25) is 0 Å². The maximum atomic E-state index is 10.6. The molecule has 2 N–H and O–H groups in total. The van der Waals surface area contributed by atoms with Crippen molar-refractivity contribution in [3.05, 3.63) is 17.8 Å². The van der Waals surface area contributed by atoms with E-state index in [0.29, 0.717) is 5.82 Å². The van der Waals surface area contributed by atoms with Crippen LogP contribution in [0.25, 0.3) is 0 Å². The second kappa shape index (κ2) is 10.2. The van der Waals surface area contributed by atoms with Gasteiger partial charge in [-0.3, -0.25) is 0 Å². The molecule has 112 valence electrons. The summed E-state index contributed by atoms with van der Waals surface area (Å²) in [6.45, 7) is 3.09. The fourth-order valence-electron chi connectivity index (χ4n) is 2.02. The number of unbranched alkanes of at least 4 members (excludes halogenated alkanes) is 7. The Labute approximate surface area is 120 Å². The summed E-state index contributed by atoms with van der Waals surface area (Å²) < 4.78 is 0. The molecule has 0 unspecified atom stereocenters. The van der Waals surface area contributed by atoms with Crippen LogP contribution in [0.1, 0.15) is 68.8 Å². The van der Waals surface area contributed by atoms with Crippen LogP contribution in [0.15, 0.2) is 12.1 Å². The SMILES string of the molecule is CCCCCCCCCCNc1ccc(C(=O)O)nn1. The normalized spacial score (nSPS) is 10.4. The molecule has 0 radical (unpaired) electrons. The van der Waals surface area contributed by atoms with Crippen LogP contribution in [0.4, 0.5) is 5.82 Å². The van der Waals surface area contributed by atoms with Gasteiger partial charge in [-0.1, -0.05) is 51.9 Å². The Hall–Kier alpha value is -1.65. The van der Waals surface area contributed by atoms with Gasteiger partial charge in [0.25, 0.3) is 0 Å². The highest BCUT2D eigenvalue weighted by molar-refractivity contribution is 5.85. The van der Waals surface area contributed by atoms with Crippen molar-refractivity contribution in [3.63, 3.8) is 0 Å². The predicted molar refractivity (Wildman–Crippen MR) is 80.1 cm³/mol. The number of carboxylic acids is 1. The van der Waals surface area contributed by atoms with Crippen molar-refractivity contribution in [2.45, 2.75) is 58.3 Å². The number of aromatic nitrogens is 2. The van der Waals surface area contributed by atoms with E-state index in [0.717, 1.165) is 13.0 Å². The van der Waals surface area contributed by atoms with Crippen molar-refractivity contribution >= 4 is 11.8 Å². The molecule has 1 rings (SSSR count). The zero-order valence-corrected chi connectivity index (χ0v) is 12.3. The molecule has 0 saturated carbocycles. The lowest BCUT2D eigenvalue weighted by atomic mass is 10.1. The number of nitrogens with one attached hydrogen (secondary N) is 1. The molecule has 1 aromatic rings. The van der Waals surface area contributed by atoms with Crippen molar-refractivity contribution in [2.75, 3.05) is 11.9 Å². The lowest BCUT2D eigenvalue weighted by Crippen LogP contribution is -2.07. The summed E-state index contributed by atoms with van der Waals surface area (Å²) in [4.78, 5) is 10.6. The van der Waals surface area contributed by atoms with Gasteiger partial charge in [-0.05, 0) is 18.6 Å². The van der Waals surface area contributed by atoms with Crippen molar-refractivity contribution in [3.8, 4) is 0 Å². The first-order valence-electron chi connectivity index (χ1n) is 7.55. The summed E-state index contributed by atoms with van der Waals surface area (Å²) in [5.41, 5.74) is -0.0253. The maximum absolute atomic E-state index is 10.6. The third-order valence-electron chi connectivity index (χ3n) is 3.22. The third-order valence-corrected chi connectivity index (χ3v) is 3.22. The molecule has 0 amide bonds. The molecule has 0 atom stereocenters. The monoisotopic (exact) mass is 279 g/mol. The topological polar surface area (TPSA) is 75.1 Å². The molecule has 0 aliphatic rings. The highest BCUT2D eigenvalue weighted by atomic mass is 16.4. The van der Waals surface area contributed by atoms with Crippen LogP contribution in [0, 0.1) is 0 Å². The van der Waals surface area contributed by atoms with Crippen LogP contribution >= 0.6 is 0 Å². The summed E-state index contributed by atoms with van der Waals surface area (Å²) in [6.07, 6.45) is 10.3. The number of nitrogens with zero attached hydrogens (tertiary/aromatic N) is 2. The number of hydrogen-bond donors (Lipinski definition) is 2. The molecule has 5 heteroatoms. The van der Waals surface area contributed by atoms with Gasteiger partial charge in [0.1, 0.15) is 5.82 Å². The van der Waals surface area contributed by atoms with Gasteiger partial charge in [0.15, 0.2) is 5.69 Å². The minimum Gasteiger partial charge on any atom is -0.476 e. The van der Waals surface area contributed by atoms with Crippen LogP contribution in [-0.2, 0) is 0 Å². The van der Waals surface area contributed by atoms with E-state index in [2.05, 4.69) is 22.4 Å². The van der Waals surface area contributed by atoms with E-state index < -0.39 is 5.97 Å². The van der Waals surface area contributed by atoms with Crippen molar-refractivity contribution < 1.29 is 9.90 Å². The molecule has 0 bridgehead atoms. The number of aromatic carboxylic acids is 1. The first-order chi connectivity index (χ1) is 9.74.